The number of rotatable bonds is 4. The molecule has 0 saturated carbocycles. The van der Waals surface area contributed by atoms with Crippen LogP contribution in [0.25, 0.3) is 22.2 Å². The van der Waals surface area contributed by atoms with Crippen molar-refractivity contribution in [3.8, 4) is 17.0 Å². The quantitative estimate of drug-likeness (QED) is 0.304. The molecule has 0 fully saturated rings. The molecule has 0 radical (unpaired) electrons. The first-order valence-electron chi connectivity index (χ1n) is 10.3. The van der Waals surface area contributed by atoms with E-state index >= 15 is 0 Å². The Labute approximate surface area is 186 Å². The van der Waals surface area contributed by atoms with Crippen molar-refractivity contribution in [1.82, 2.24) is 4.98 Å². The zero-order valence-corrected chi connectivity index (χ0v) is 18.4. The van der Waals surface area contributed by atoms with Crippen molar-refractivity contribution in [2.24, 2.45) is 0 Å². The molecule has 0 saturated heterocycles. The summed E-state index contributed by atoms with van der Waals surface area (Å²) in [6, 6.07) is 20.1. The van der Waals surface area contributed by atoms with Gasteiger partial charge in [-0.05, 0) is 62.2 Å². The largest absolute Gasteiger partial charge is 0.465 e. The topological polar surface area (TPSA) is 65.5 Å². The first kappa shape index (κ1) is 21.2. The highest BCUT2D eigenvalue weighted by molar-refractivity contribution is 6.08. The summed E-state index contributed by atoms with van der Waals surface area (Å²) in [6.07, 6.45) is 0. The first-order chi connectivity index (χ1) is 15.4. The van der Waals surface area contributed by atoms with E-state index in [1.54, 1.807) is 24.3 Å². The zero-order chi connectivity index (χ0) is 22.8. The molecule has 5 nitrogen and oxygen atoms in total. The van der Waals surface area contributed by atoms with Gasteiger partial charge < -0.3 is 9.47 Å². The van der Waals surface area contributed by atoms with Crippen LogP contribution in [0.15, 0.2) is 66.7 Å². The SMILES string of the molecule is COC(=O)c1ccc(OC(=O)c2c(C)c(-c3ccccc3)nc3c(C)cc(C)cc23)cc1. The third kappa shape index (κ3) is 3.97. The van der Waals surface area contributed by atoms with Crippen LogP contribution >= 0.6 is 0 Å². The molecule has 0 spiro atoms. The second-order valence-corrected chi connectivity index (χ2v) is 7.71. The maximum atomic E-state index is 13.4. The van der Waals surface area contributed by atoms with Crippen LogP contribution in [0.5, 0.6) is 5.75 Å². The number of aromatic nitrogens is 1. The van der Waals surface area contributed by atoms with Crippen molar-refractivity contribution < 1.29 is 19.1 Å². The minimum absolute atomic E-state index is 0.345. The van der Waals surface area contributed by atoms with Gasteiger partial charge >= 0.3 is 11.9 Å². The molecule has 4 rings (SSSR count). The summed E-state index contributed by atoms with van der Waals surface area (Å²) in [5, 5.41) is 0.760. The van der Waals surface area contributed by atoms with Crippen LogP contribution in [0.1, 0.15) is 37.4 Å². The number of carbonyl (C=O) groups is 2. The van der Waals surface area contributed by atoms with E-state index in [1.807, 2.05) is 57.2 Å². The van der Waals surface area contributed by atoms with Crippen molar-refractivity contribution in [3.63, 3.8) is 0 Å². The van der Waals surface area contributed by atoms with E-state index in [4.69, 9.17) is 14.5 Å². The third-order valence-corrected chi connectivity index (χ3v) is 5.41. The number of ether oxygens (including phenoxy) is 2. The Morgan fingerprint density at radius 1 is 0.844 bits per heavy atom. The van der Waals surface area contributed by atoms with E-state index in [9.17, 15) is 9.59 Å². The van der Waals surface area contributed by atoms with Gasteiger partial charge in [-0.1, -0.05) is 42.0 Å². The van der Waals surface area contributed by atoms with Gasteiger partial charge in [-0.3, -0.25) is 0 Å². The Hall–Kier alpha value is -3.99. The van der Waals surface area contributed by atoms with Gasteiger partial charge in [0.25, 0.3) is 0 Å². The molecule has 0 bridgehead atoms. The van der Waals surface area contributed by atoms with Crippen molar-refractivity contribution in [2.75, 3.05) is 7.11 Å². The Balaban J connectivity index is 1.84. The number of benzene rings is 3. The Morgan fingerprint density at radius 3 is 2.19 bits per heavy atom. The maximum absolute atomic E-state index is 13.4. The molecule has 3 aromatic carbocycles. The monoisotopic (exact) mass is 425 g/mol. The lowest BCUT2D eigenvalue weighted by molar-refractivity contribution is 0.0600. The average molecular weight is 425 g/mol. The molecule has 1 aromatic heterocycles. The lowest BCUT2D eigenvalue weighted by Gasteiger charge is -2.16. The number of hydrogen-bond donors (Lipinski definition) is 0. The normalized spacial score (nSPS) is 10.8. The summed E-state index contributed by atoms with van der Waals surface area (Å²) in [7, 11) is 1.32. The van der Waals surface area contributed by atoms with Gasteiger partial charge in [0.1, 0.15) is 5.75 Å². The molecule has 5 heteroatoms. The highest BCUT2D eigenvalue weighted by Crippen LogP contribution is 2.32. The summed E-state index contributed by atoms with van der Waals surface area (Å²) in [5.41, 5.74) is 6.11. The maximum Gasteiger partial charge on any atom is 0.344 e. The highest BCUT2D eigenvalue weighted by atomic mass is 16.5. The van der Waals surface area contributed by atoms with Crippen LogP contribution in [-0.2, 0) is 4.74 Å². The second-order valence-electron chi connectivity index (χ2n) is 7.71. The summed E-state index contributed by atoms with van der Waals surface area (Å²) >= 11 is 0. The molecule has 0 atom stereocenters. The Kier molecular flexibility index (Phi) is 5.73. The summed E-state index contributed by atoms with van der Waals surface area (Å²) in [4.78, 5) is 30.0. The number of hydrogen-bond acceptors (Lipinski definition) is 5. The fraction of sp³-hybridized carbons (Fsp3) is 0.148. The lowest BCUT2D eigenvalue weighted by atomic mass is 9.95. The number of aryl methyl sites for hydroxylation is 2. The van der Waals surface area contributed by atoms with Crippen molar-refractivity contribution in [1.29, 1.82) is 0 Å². The van der Waals surface area contributed by atoms with Gasteiger partial charge in [0.15, 0.2) is 0 Å². The van der Waals surface area contributed by atoms with Crippen molar-refractivity contribution in [2.45, 2.75) is 20.8 Å². The first-order valence-corrected chi connectivity index (χ1v) is 10.3. The van der Waals surface area contributed by atoms with Crippen molar-refractivity contribution in [3.05, 3.63) is 94.5 Å². The predicted molar refractivity (Wildman–Crippen MR) is 124 cm³/mol. The number of esters is 2. The van der Waals surface area contributed by atoms with E-state index in [1.165, 1.54) is 7.11 Å². The molecule has 0 aliphatic rings. The Morgan fingerprint density at radius 2 is 1.53 bits per heavy atom. The lowest BCUT2D eigenvalue weighted by Crippen LogP contribution is -2.13. The number of pyridine rings is 1. The molecule has 160 valence electrons. The minimum Gasteiger partial charge on any atom is -0.465 e. The summed E-state index contributed by atoms with van der Waals surface area (Å²) in [5.74, 6) is -0.571. The van der Waals surface area contributed by atoms with Gasteiger partial charge in [-0.25, -0.2) is 14.6 Å². The molecular formula is C27H23NO4. The van der Waals surface area contributed by atoms with E-state index in [0.717, 1.165) is 38.9 Å². The molecule has 4 aromatic rings. The molecule has 32 heavy (non-hydrogen) atoms. The van der Waals surface area contributed by atoms with Crippen LogP contribution < -0.4 is 4.74 Å². The standard InChI is InChI=1S/C27H23NO4/c1-16-14-17(2)24-22(15-16)23(18(3)25(28-24)19-8-6-5-7-9-19)27(30)32-21-12-10-20(11-13-21)26(29)31-4/h5-15H,1-4H3. The molecular weight excluding hydrogens is 402 g/mol. The van der Waals surface area contributed by atoms with E-state index in [-0.39, 0.29) is 0 Å². The van der Waals surface area contributed by atoms with Crippen LogP contribution in [0.4, 0.5) is 0 Å². The number of methoxy groups -OCH3 is 1. The average Bonchev–Trinajstić information content (AvgIpc) is 2.79. The third-order valence-electron chi connectivity index (χ3n) is 5.41. The van der Waals surface area contributed by atoms with Crippen LogP contribution in [0.3, 0.4) is 0 Å². The number of fused-ring (bicyclic) bond motifs is 1. The molecule has 0 unspecified atom stereocenters. The van der Waals surface area contributed by atoms with Gasteiger partial charge in [-0.2, -0.15) is 0 Å². The van der Waals surface area contributed by atoms with Gasteiger partial charge in [0.05, 0.1) is 29.4 Å². The zero-order valence-electron chi connectivity index (χ0n) is 18.4. The highest BCUT2D eigenvalue weighted by Gasteiger charge is 2.22. The molecule has 0 aliphatic heterocycles. The van der Waals surface area contributed by atoms with Crippen LogP contribution in [0.2, 0.25) is 0 Å². The van der Waals surface area contributed by atoms with E-state index in [2.05, 4.69) is 6.07 Å². The van der Waals surface area contributed by atoms with Gasteiger partial charge in [0.2, 0.25) is 0 Å². The fourth-order valence-corrected chi connectivity index (χ4v) is 3.89. The Bertz CT molecular complexity index is 1330. The van der Waals surface area contributed by atoms with Crippen molar-refractivity contribution >= 4 is 22.8 Å². The fourth-order valence-electron chi connectivity index (χ4n) is 3.89. The molecule has 0 aliphatic carbocycles. The number of carbonyl (C=O) groups excluding carboxylic acids is 2. The predicted octanol–water partition coefficient (Wildman–Crippen LogP) is 5.83. The number of nitrogens with zero attached hydrogens (tertiary/aromatic N) is 1. The van der Waals surface area contributed by atoms with Crippen LogP contribution in [-0.4, -0.2) is 24.0 Å². The summed E-state index contributed by atoms with van der Waals surface area (Å²) < 4.78 is 10.4. The van der Waals surface area contributed by atoms with Gasteiger partial charge in [-0.15, -0.1) is 0 Å². The van der Waals surface area contributed by atoms with Crippen LogP contribution in [0, 0.1) is 20.8 Å². The molecule has 0 amide bonds. The molecule has 1 heterocycles. The molecule has 0 N–H and O–H groups in total. The minimum atomic E-state index is -0.470. The van der Waals surface area contributed by atoms with E-state index < -0.39 is 11.9 Å². The van der Waals surface area contributed by atoms with E-state index in [0.29, 0.717) is 16.9 Å². The second kappa shape index (κ2) is 8.63. The summed E-state index contributed by atoms with van der Waals surface area (Å²) in [6.45, 7) is 5.88. The van der Waals surface area contributed by atoms with Gasteiger partial charge in [0, 0.05) is 10.9 Å². The smallest absolute Gasteiger partial charge is 0.344 e.